The average Bonchev–Trinajstić information content (AvgIpc) is 3.10. The Morgan fingerprint density at radius 3 is 2.62 bits per heavy atom. The molecule has 2 rings (SSSR count). The minimum absolute atomic E-state index is 0. The number of furan rings is 1. The van der Waals surface area contributed by atoms with Crippen LogP contribution in [-0.4, -0.2) is 44.1 Å². The Morgan fingerprint density at radius 1 is 1.19 bits per heavy atom. The third-order valence-electron chi connectivity index (χ3n) is 3.71. The molecule has 0 aliphatic heterocycles. The highest BCUT2D eigenvalue weighted by Gasteiger charge is 2.02. The molecule has 5 nitrogen and oxygen atoms in total. The van der Waals surface area contributed by atoms with Gasteiger partial charge in [-0.1, -0.05) is 12.1 Å². The summed E-state index contributed by atoms with van der Waals surface area (Å²) in [6.07, 6.45) is 2.51. The Bertz CT molecular complexity index is 631. The van der Waals surface area contributed by atoms with Crippen LogP contribution in [0.5, 0.6) is 0 Å². The van der Waals surface area contributed by atoms with Crippen molar-refractivity contribution in [3.63, 3.8) is 0 Å². The smallest absolute Gasteiger partial charge is 0.191 e. The van der Waals surface area contributed by atoms with Crippen LogP contribution in [0.2, 0.25) is 0 Å². The normalized spacial score (nSPS) is 11.3. The Morgan fingerprint density at radius 2 is 1.96 bits per heavy atom. The van der Waals surface area contributed by atoms with Crippen molar-refractivity contribution in [3.8, 4) is 0 Å². The lowest BCUT2D eigenvalue weighted by atomic mass is 10.2. The summed E-state index contributed by atoms with van der Waals surface area (Å²) in [5.41, 5.74) is 1.09. The first kappa shape index (κ1) is 22.4. The Kier molecular flexibility index (Phi) is 11.0. The summed E-state index contributed by atoms with van der Waals surface area (Å²) >= 11 is 0. The fourth-order valence-electron chi connectivity index (χ4n) is 2.41. The molecule has 1 aromatic heterocycles. The van der Waals surface area contributed by atoms with E-state index in [-0.39, 0.29) is 29.8 Å². The van der Waals surface area contributed by atoms with Crippen molar-refractivity contribution in [1.29, 1.82) is 0 Å². The maximum absolute atomic E-state index is 12.9. The standard InChI is InChI=1S/C19H27FN4O.HI/c1-3-21-19(22-11-10-18-5-4-14-25-18)23-12-13-24(2)15-16-6-8-17(20)9-7-16;/h4-9,14H,3,10-13,15H2,1-2H3,(H2,21,22,23);1H. The van der Waals surface area contributed by atoms with Gasteiger partial charge in [0.2, 0.25) is 0 Å². The molecule has 0 unspecified atom stereocenters. The molecule has 0 spiro atoms. The van der Waals surface area contributed by atoms with Crippen LogP contribution < -0.4 is 10.6 Å². The van der Waals surface area contributed by atoms with Crippen molar-refractivity contribution in [2.75, 3.05) is 33.2 Å². The summed E-state index contributed by atoms with van der Waals surface area (Å²) in [5, 5.41) is 6.55. The van der Waals surface area contributed by atoms with Gasteiger partial charge in [-0.3, -0.25) is 4.99 Å². The molecule has 0 amide bonds. The molecule has 144 valence electrons. The van der Waals surface area contributed by atoms with Gasteiger partial charge in [0, 0.05) is 32.6 Å². The van der Waals surface area contributed by atoms with Gasteiger partial charge in [0.1, 0.15) is 11.6 Å². The Hall–Kier alpha value is -1.61. The monoisotopic (exact) mass is 474 g/mol. The van der Waals surface area contributed by atoms with Gasteiger partial charge in [0.25, 0.3) is 0 Å². The molecule has 2 N–H and O–H groups in total. The van der Waals surface area contributed by atoms with E-state index in [1.54, 1.807) is 6.26 Å². The second kappa shape index (κ2) is 12.7. The molecule has 0 fully saturated rings. The molecule has 26 heavy (non-hydrogen) atoms. The Labute approximate surface area is 172 Å². The van der Waals surface area contributed by atoms with E-state index in [4.69, 9.17) is 4.42 Å². The summed E-state index contributed by atoms with van der Waals surface area (Å²) < 4.78 is 18.3. The lowest BCUT2D eigenvalue weighted by Crippen LogP contribution is -2.38. The number of nitrogens with one attached hydrogen (secondary N) is 2. The minimum Gasteiger partial charge on any atom is -0.469 e. The summed E-state index contributed by atoms with van der Waals surface area (Å²) in [6.45, 7) is 5.92. The molecule has 0 aliphatic carbocycles. The van der Waals surface area contributed by atoms with E-state index in [1.165, 1.54) is 12.1 Å². The highest BCUT2D eigenvalue weighted by Crippen LogP contribution is 2.05. The van der Waals surface area contributed by atoms with E-state index < -0.39 is 0 Å². The molecule has 0 saturated heterocycles. The molecule has 0 radical (unpaired) electrons. The molecular weight excluding hydrogens is 446 g/mol. The van der Waals surface area contributed by atoms with Crippen LogP contribution in [0.1, 0.15) is 18.2 Å². The first-order valence-corrected chi connectivity index (χ1v) is 8.65. The van der Waals surface area contributed by atoms with Crippen LogP contribution in [0, 0.1) is 5.82 Å². The fraction of sp³-hybridized carbons (Fsp3) is 0.421. The lowest BCUT2D eigenvalue weighted by molar-refractivity contribution is 0.336. The second-order valence-corrected chi connectivity index (χ2v) is 5.88. The SMILES string of the molecule is CCNC(=NCCN(C)Cc1ccc(F)cc1)NCCc1ccco1.I. The van der Waals surface area contributed by atoms with E-state index in [0.717, 1.165) is 49.9 Å². The number of rotatable bonds is 9. The molecule has 1 aromatic carbocycles. The third-order valence-corrected chi connectivity index (χ3v) is 3.71. The van der Waals surface area contributed by atoms with Gasteiger partial charge in [-0.15, -0.1) is 24.0 Å². The van der Waals surface area contributed by atoms with Gasteiger partial charge >= 0.3 is 0 Å². The minimum atomic E-state index is -0.202. The van der Waals surface area contributed by atoms with Crippen molar-refractivity contribution < 1.29 is 8.81 Å². The van der Waals surface area contributed by atoms with E-state index in [2.05, 4.69) is 20.5 Å². The zero-order chi connectivity index (χ0) is 17.9. The first-order valence-electron chi connectivity index (χ1n) is 8.65. The second-order valence-electron chi connectivity index (χ2n) is 5.88. The summed E-state index contributed by atoms with van der Waals surface area (Å²) in [6, 6.07) is 10.5. The number of hydrogen-bond acceptors (Lipinski definition) is 3. The topological polar surface area (TPSA) is 52.8 Å². The first-order chi connectivity index (χ1) is 12.2. The molecule has 0 bridgehead atoms. The zero-order valence-electron chi connectivity index (χ0n) is 15.4. The summed E-state index contributed by atoms with van der Waals surface area (Å²) in [7, 11) is 2.04. The molecule has 0 atom stereocenters. The molecule has 1 heterocycles. The lowest BCUT2D eigenvalue weighted by Gasteiger charge is -2.16. The van der Waals surface area contributed by atoms with Gasteiger partial charge < -0.3 is 20.0 Å². The highest BCUT2D eigenvalue weighted by atomic mass is 127. The predicted molar refractivity (Wildman–Crippen MR) is 115 cm³/mol. The number of benzene rings is 1. The van der Waals surface area contributed by atoms with Crippen molar-refractivity contribution in [3.05, 3.63) is 59.8 Å². The predicted octanol–water partition coefficient (Wildman–Crippen LogP) is 3.27. The van der Waals surface area contributed by atoms with Crippen LogP contribution in [0.15, 0.2) is 52.1 Å². The summed E-state index contributed by atoms with van der Waals surface area (Å²) in [5.74, 6) is 1.57. The molecule has 0 aliphatic rings. The number of aliphatic imine (C=N–C) groups is 1. The maximum Gasteiger partial charge on any atom is 0.191 e. The van der Waals surface area contributed by atoms with Gasteiger partial charge in [0.05, 0.1) is 12.8 Å². The quantitative estimate of drug-likeness (QED) is 0.333. The van der Waals surface area contributed by atoms with Crippen LogP contribution in [0.3, 0.4) is 0 Å². The van der Waals surface area contributed by atoms with Gasteiger partial charge in [-0.25, -0.2) is 4.39 Å². The average molecular weight is 474 g/mol. The van der Waals surface area contributed by atoms with E-state index >= 15 is 0 Å². The zero-order valence-corrected chi connectivity index (χ0v) is 17.7. The third kappa shape index (κ3) is 8.66. The van der Waals surface area contributed by atoms with Crippen molar-refractivity contribution in [2.45, 2.75) is 19.9 Å². The van der Waals surface area contributed by atoms with Crippen LogP contribution in [0.25, 0.3) is 0 Å². The van der Waals surface area contributed by atoms with Gasteiger partial charge in [-0.2, -0.15) is 0 Å². The van der Waals surface area contributed by atoms with Crippen molar-refractivity contribution >= 4 is 29.9 Å². The number of hydrogen-bond donors (Lipinski definition) is 2. The number of nitrogens with zero attached hydrogens (tertiary/aromatic N) is 2. The maximum atomic E-state index is 12.9. The molecule has 0 saturated carbocycles. The molecular formula is C19H28FIN4O. The van der Waals surface area contributed by atoms with Crippen LogP contribution in [-0.2, 0) is 13.0 Å². The van der Waals surface area contributed by atoms with Crippen LogP contribution >= 0.6 is 24.0 Å². The van der Waals surface area contributed by atoms with Gasteiger partial charge in [-0.05, 0) is 43.8 Å². The van der Waals surface area contributed by atoms with Crippen LogP contribution in [0.4, 0.5) is 4.39 Å². The molecule has 7 heteroatoms. The van der Waals surface area contributed by atoms with E-state index in [0.29, 0.717) is 6.54 Å². The van der Waals surface area contributed by atoms with E-state index in [9.17, 15) is 4.39 Å². The van der Waals surface area contributed by atoms with Gasteiger partial charge in [0.15, 0.2) is 5.96 Å². The number of guanidine groups is 1. The number of halogens is 2. The number of likely N-dealkylation sites (N-methyl/N-ethyl adjacent to an activating group) is 1. The van der Waals surface area contributed by atoms with Crippen molar-refractivity contribution in [2.24, 2.45) is 4.99 Å². The van der Waals surface area contributed by atoms with E-state index in [1.807, 2.05) is 38.2 Å². The fourth-order valence-corrected chi connectivity index (χ4v) is 2.41. The van der Waals surface area contributed by atoms with Crippen molar-refractivity contribution in [1.82, 2.24) is 15.5 Å². The summed E-state index contributed by atoms with van der Waals surface area (Å²) in [4.78, 5) is 6.76. The Balaban J connectivity index is 0.00000338. The largest absolute Gasteiger partial charge is 0.469 e. The molecule has 2 aromatic rings. The highest BCUT2D eigenvalue weighted by molar-refractivity contribution is 14.0.